The Morgan fingerprint density at radius 3 is 2.82 bits per heavy atom. The molecule has 1 N–H and O–H groups in total. The zero-order valence-corrected chi connectivity index (χ0v) is 10.6. The molecule has 1 heterocycles. The summed E-state index contributed by atoms with van der Waals surface area (Å²) in [4.78, 5) is 6.73. The summed E-state index contributed by atoms with van der Waals surface area (Å²) in [6, 6.07) is 6.23. The van der Waals surface area contributed by atoms with Crippen LogP contribution in [-0.4, -0.2) is 34.9 Å². The largest absolute Gasteiger partial charge is 0.395 e. The second-order valence-electron chi connectivity index (χ2n) is 4.29. The van der Waals surface area contributed by atoms with Gasteiger partial charge in [0.2, 0.25) is 5.95 Å². The number of aromatic nitrogens is 2. The molecule has 2 rings (SSSR count). The Morgan fingerprint density at radius 1 is 1.41 bits per heavy atom. The van der Waals surface area contributed by atoms with Gasteiger partial charge in [-0.3, -0.25) is 0 Å². The summed E-state index contributed by atoms with van der Waals surface area (Å²) >= 11 is 0. The number of fused-ring (bicyclic) bond motifs is 1. The van der Waals surface area contributed by atoms with Gasteiger partial charge in [0.15, 0.2) is 0 Å². The monoisotopic (exact) mass is 233 g/mol. The third kappa shape index (κ3) is 2.13. The molecule has 0 unspecified atom stereocenters. The van der Waals surface area contributed by atoms with Gasteiger partial charge in [0.1, 0.15) is 0 Å². The van der Waals surface area contributed by atoms with Crippen LogP contribution in [-0.2, 0) is 6.54 Å². The van der Waals surface area contributed by atoms with Crippen LogP contribution in [0.2, 0.25) is 0 Å². The van der Waals surface area contributed by atoms with Crippen molar-refractivity contribution in [2.24, 2.45) is 0 Å². The van der Waals surface area contributed by atoms with Gasteiger partial charge in [-0.1, -0.05) is 6.07 Å². The Kier molecular flexibility index (Phi) is 3.33. The fourth-order valence-electron chi connectivity index (χ4n) is 1.98. The summed E-state index contributed by atoms with van der Waals surface area (Å²) in [7, 11) is 2.02. The molecule has 92 valence electrons. The summed E-state index contributed by atoms with van der Waals surface area (Å²) in [5.74, 6) is 0.919. The lowest BCUT2D eigenvalue weighted by atomic mass is 10.2. The van der Waals surface area contributed by atoms with Gasteiger partial charge in [0, 0.05) is 20.1 Å². The van der Waals surface area contributed by atoms with Gasteiger partial charge in [-0.2, -0.15) is 0 Å². The lowest BCUT2D eigenvalue weighted by molar-refractivity contribution is 0.278. The second kappa shape index (κ2) is 4.75. The van der Waals surface area contributed by atoms with E-state index in [1.807, 2.05) is 7.05 Å². The zero-order chi connectivity index (χ0) is 12.4. The van der Waals surface area contributed by atoms with Crippen LogP contribution < -0.4 is 4.90 Å². The van der Waals surface area contributed by atoms with Crippen molar-refractivity contribution in [1.29, 1.82) is 0 Å². The molecule has 0 aliphatic heterocycles. The highest BCUT2D eigenvalue weighted by Crippen LogP contribution is 2.22. The summed E-state index contributed by atoms with van der Waals surface area (Å²) in [6.45, 7) is 5.76. The maximum absolute atomic E-state index is 9.16. The van der Waals surface area contributed by atoms with Crippen LogP contribution in [0.3, 0.4) is 0 Å². The molecule has 17 heavy (non-hydrogen) atoms. The van der Waals surface area contributed by atoms with Crippen LogP contribution in [0.5, 0.6) is 0 Å². The third-order valence-corrected chi connectivity index (χ3v) is 3.02. The molecule has 4 heteroatoms. The van der Waals surface area contributed by atoms with Gasteiger partial charge >= 0.3 is 0 Å². The molecule has 0 radical (unpaired) electrons. The van der Waals surface area contributed by atoms with Crippen LogP contribution in [0.25, 0.3) is 11.0 Å². The molecule has 1 aromatic heterocycles. The van der Waals surface area contributed by atoms with Gasteiger partial charge in [-0.05, 0) is 31.5 Å². The number of imidazole rings is 1. The van der Waals surface area contributed by atoms with E-state index in [-0.39, 0.29) is 6.61 Å². The highest BCUT2D eigenvalue weighted by molar-refractivity contribution is 5.79. The van der Waals surface area contributed by atoms with Crippen molar-refractivity contribution in [3.63, 3.8) is 0 Å². The van der Waals surface area contributed by atoms with Gasteiger partial charge in [0.25, 0.3) is 0 Å². The Balaban J connectivity index is 2.61. The third-order valence-electron chi connectivity index (χ3n) is 3.02. The molecule has 0 aliphatic carbocycles. The highest BCUT2D eigenvalue weighted by Gasteiger charge is 2.12. The Labute approximate surface area is 101 Å². The number of aryl methyl sites for hydroxylation is 1. The van der Waals surface area contributed by atoms with Crippen molar-refractivity contribution in [1.82, 2.24) is 9.55 Å². The second-order valence-corrected chi connectivity index (χ2v) is 4.29. The molecule has 0 saturated heterocycles. The number of aliphatic hydroxyl groups is 1. The first-order chi connectivity index (χ1) is 8.17. The Bertz CT molecular complexity index is 519. The predicted octanol–water partition coefficient (Wildman–Crippen LogP) is 1.79. The Hall–Kier alpha value is -1.55. The molecule has 0 aliphatic rings. The van der Waals surface area contributed by atoms with Crippen molar-refractivity contribution < 1.29 is 5.11 Å². The molecule has 0 atom stereocenters. The number of anilines is 1. The van der Waals surface area contributed by atoms with Crippen LogP contribution in [0.1, 0.15) is 12.5 Å². The number of nitrogens with zero attached hydrogens (tertiary/aromatic N) is 3. The minimum absolute atomic E-state index is 0.129. The summed E-state index contributed by atoms with van der Waals surface area (Å²) in [5, 5.41) is 9.16. The van der Waals surface area contributed by atoms with Crippen molar-refractivity contribution in [3.05, 3.63) is 23.8 Å². The molecule has 0 spiro atoms. The molecule has 2 aromatic rings. The maximum Gasteiger partial charge on any atom is 0.206 e. The van der Waals surface area contributed by atoms with E-state index in [4.69, 9.17) is 5.11 Å². The minimum atomic E-state index is 0.129. The topological polar surface area (TPSA) is 41.3 Å². The fraction of sp³-hybridized carbons (Fsp3) is 0.462. The summed E-state index contributed by atoms with van der Waals surface area (Å²) in [5.41, 5.74) is 3.28. The van der Waals surface area contributed by atoms with Crippen LogP contribution in [0.4, 0.5) is 5.95 Å². The standard InChI is InChI=1S/C13H19N3O/c1-4-15(3)13-14-11-9-10(2)5-6-12(11)16(13)7-8-17/h5-6,9,17H,4,7-8H2,1-3H3. The highest BCUT2D eigenvalue weighted by atomic mass is 16.3. The fourth-order valence-corrected chi connectivity index (χ4v) is 1.98. The van der Waals surface area contributed by atoms with E-state index in [0.717, 1.165) is 23.5 Å². The first-order valence-corrected chi connectivity index (χ1v) is 5.96. The molecule has 1 aromatic carbocycles. The summed E-state index contributed by atoms with van der Waals surface area (Å²) in [6.07, 6.45) is 0. The van der Waals surface area contributed by atoms with Gasteiger partial charge < -0.3 is 14.6 Å². The smallest absolute Gasteiger partial charge is 0.206 e. The van der Waals surface area contributed by atoms with E-state index in [9.17, 15) is 0 Å². The number of rotatable bonds is 4. The first-order valence-electron chi connectivity index (χ1n) is 5.96. The van der Waals surface area contributed by atoms with Crippen LogP contribution in [0.15, 0.2) is 18.2 Å². The van der Waals surface area contributed by atoms with Gasteiger partial charge in [-0.15, -0.1) is 0 Å². The lowest BCUT2D eigenvalue weighted by Gasteiger charge is -2.17. The molecule has 0 fully saturated rings. The maximum atomic E-state index is 9.16. The molecular weight excluding hydrogens is 214 g/mol. The predicted molar refractivity (Wildman–Crippen MR) is 70.5 cm³/mol. The van der Waals surface area contributed by atoms with Gasteiger partial charge in [-0.25, -0.2) is 4.98 Å². The van der Waals surface area contributed by atoms with Crippen molar-refractivity contribution in [2.75, 3.05) is 25.1 Å². The van der Waals surface area contributed by atoms with Crippen molar-refractivity contribution >= 4 is 17.0 Å². The van der Waals surface area contributed by atoms with E-state index in [2.05, 4.69) is 46.5 Å². The number of hydrogen-bond donors (Lipinski definition) is 1. The normalized spacial score (nSPS) is 11.1. The molecule has 0 amide bonds. The van der Waals surface area contributed by atoms with Crippen molar-refractivity contribution in [3.8, 4) is 0 Å². The van der Waals surface area contributed by atoms with Crippen molar-refractivity contribution in [2.45, 2.75) is 20.4 Å². The average molecular weight is 233 g/mol. The number of aliphatic hydroxyl groups excluding tert-OH is 1. The van der Waals surface area contributed by atoms with E-state index in [0.29, 0.717) is 6.54 Å². The van der Waals surface area contributed by atoms with Gasteiger partial charge in [0.05, 0.1) is 17.6 Å². The average Bonchev–Trinajstić information content (AvgIpc) is 2.67. The zero-order valence-electron chi connectivity index (χ0n) is 10.6. The Morgan fingerprint density at radius 2 is 2.18 bits per heavy atom. The quantitative estimate of drug-likeness (QED) is 0.875. The first kappa shape index (κ1) is 11.9. The minimum Gasteiger partial charge on any atom is -0.395 e. The molecule has 0 saturated carbocycles. The van der Waals surface area contributed by atoms with Crippen LogP contribution in [0, 0.1) is 6.92 Å². The SMILES string of the molecule is CCN(C)c1nc2cc(C)ccc2n1CCO. The number of hydrogen-bond acceptors (Lipinski definition) is 3. The van der Waals surface area contributed by atoms with E-state index in [1.165, 1.54) is 5.56 Å². The van der Waals surface area contributed by atoms with E-state index >= 15 is 0 Å². The van der Waals surface area contributed by atoms with Crippen LogP contribution >= 0.6 is 0 Å². The molecular formula is C13H19N3O. The molecule has 4 nitrogen and oxygen atoms in total. The van der Waals surface area contributed by atoms with E-state index < -0.39 is 0 Å². The molecule has 0 bridgehead atoms. The van der Waals surface area contributed by atoms with E-state index in [1.54, 1.807) is 0 Å². The number of benzene rings is 1. The summed E-state index contributed by atoms with van der Waals surface area (Å²) < 4.78 is 2.07. The lowest BCUT2D eigenvalue weighted by Crippen LogP contribution is -2.21.